The zero-order chi connectivity index (χ0) is 23.7. The molecule has 0 spiro atoms. The minimum Gasteiger partial charge on any atom is -0.480 e. The first kappa shape index (κ1) is 24.5. The van der Waals surface area contributed by atoms with Crippen LogP contribution in [-0.4, -0.2) is 62.9 Å². The molecule has 0 saturated heterocycles. The van der Waals surface area contributed by atoms with Gasteiger partial charge in [0.1, 0.15) is 18.1 Å². The van der Waals surface area contributed by atoms with Crippen LogP contribution >= 0.6 is 0 Å². The predicted octanol–water partition coefficient (Wildman–Crippen LogP) is -0.899. The molecule has 4 atom stereocenters. The molecule has 11 nitrogen and oxygen atoms in total. The molecule has 3 amide bonds. The average Bonchev–Trinajstić information content (AvgIpc) is 3.26. The summed E-state index contributed by atoms with van der Waals surface area (Å²) in [6.07, 6.45) is 3.14. The van der Waals surface area contributed by atoms with Gasteiger partial charge >= 0.3 is 5.97 Å². The summed E-state index contributed by atoms with van der Waals surface area (Å²) in [7, 11) is 0. The van der Waals surface area contributed by atoms with Crippen LogP contribution in [-0.2, 0) is 32.0 Å². The third-order valence-electron chi connectivity index (χ3n) is 4.67. The summed E-state index contributed by atoms with van der Waals surface area (Å²) >= 11 is 0. The second kappa shape index (κ2) is 11.6. The molecule has 0 radical (unpaired) electrons. The maximum Gasteiger partial charge on any atom is 0.326 e. The summed E-state index contributed by atoms with van der Waals surface area (Å²) in [4.78, 5) is 55.6. The van der Waals surface area contributed by atoms with Crippen LogP contribution in [0, 0.1) is 0 Å². The van der Waals surface area contributed by atoms with Crippen molar-refractivity contribution in [3.05, 3.63) is 54.1 Å². The molecule has 11 heteroatoms. The molecule has 0 aliphatic carbocycles. The molecule has 0 fully saturated rings. The van der Waals surface area contributed by atoms with Crippen molar-refractivity contribution in [1.82, 2.24) is 25.9 Å². The number of aromatic nitrogens is 2. The van der Waals surface area contributed by atoms with E-state index in [0.29, 0.717) is 5.69 Å². The number of aromatic amines is 1. The molecule has 1 aromatic heterocycles. The van der Waals surface area contributed by atoms with Gasteiger partial charge in [0.25, 0.3) is 0 Å². The number of hydrogen-bond acceptors (Lipinski definition) is 6. The Hall–Kier alpha value is -3.73. The third kappa shape index (κ3) is 7.51. The second-order valence-electron chi connectivity index (χ2n) is 7.45. The van der Waals surface area contributed by atoms with Gasteiger partial charge in [0, 0.05) is 24.7 Å². The highest BCUT2D eigenvalue weighted by atomic mass is 16.4. The number of aliphatic carboxylic acids is 1. The van der Waals surface area contributed by atoms with Gasteiger partial charge < -0.3 is 31.8 Å². The largest absolute Gasteiger partial charge is 0.480 e. The van der Waals surface area contributed by atoms with E-state index in [9.17, 15) is 24.3 Å². The monoisotopic (exact) mass is 444 g/mol. The van der Waals surface area contributed by atoms with Crippen molar-refractivity contribution in [2.24, 2.45) is 5.73 Å². The molecule has 0 aliphatic heterocycles. The fourth-order valence-electron chi connectivity index (χ4n) is 2.85. The molecule has 1 heterocycles. The van der Waals surface area contributed by atoms with Crippen molar-refractivity contribution >= 4 is 23.7 Å². The van der Waals surface area contributed by atoms with Crippen molar-refractivity contribution in [2.45, 2.75) is 50.9 Å². The Labute approximate surface area is 185 Å². The molecule has 0 bridgehead atoms. The number of carboxylic acid groups (broad SMARTS) is 1. The number of H-pyrrole nitrogens is 1. The second-order valence-corrected chi connectivity index (χ2v) is 7.45. The van der Waals surface area contributed by atoms with Gasteiger partial charge in [0.05, 0.1) is 12.4 Å². The number of hydrogen-bond donors (Lipinski definition) is 6. The van der Waals surface area contributed by atoms with E-state index >= 15 is 0 Å². The number of carboxylic acids is 1. The van der Waals surface area contributed by atoms with Crippen molar-refractivity contribution in [3.63, 3.8) is 0 Å². The first-order chi connectivity index (χ1) is 15.2. The number of benzene rings is 1. The third-order valence-corrected chi connectivity index (χ3v) is 4.67. The van der Waals surface area contributed by atoms with Crippen LogP contribution < -0.4 is 21.7 Å². The van der Waals surface area contributed by atoms with Gasteiger partial charge in [-0.2, -0.15) is 0 Å². The van der Waals surface area contributed by atoms with E-state index in [1.807, 2.05) is 0 Å². The lowest BCUT2D eigenvalue weighted by atomic mass is 10.1. The summed E-state index contributed by atoms with van der Waals surface area (Å²) in [5.74, 6) is -3.01. The summed E-state index contributed by atoms with van der Waals surface area (Å²) in [5, 5.41) is 16.9. The zero-order valence-electron chi connectivity index (χ0n) is 17.9. The van der Waals surface area contributed by atoms with E-state index in [-0.39, 0.29) is 12.8 Å². The normalized spacial score (nSPS) is 14.5. The Balaban J connectivity index is 2.01. The summed E-state index contributed by atoms with van der Waals surface area (Å²) < 4.78 is 0. The maximum absolute atomic E-state index is 12.8. The predicted molar refractivity (Wildman–Crippen MR) is 115 cm³/mol. The molecule has 0 aliphatic rings. The Morgan fingerprint density at radius 2 is 1.62 bits per heavy atom. The van der Waals surface area contributed by atoms with Crippen LogP contribution in [0.3, 0.4) is 0 Å². The van der Waals surface area contributed by atoms with E-state index in [0.717, 1.165) is 5.56 Å². The summed E-state index contributed by atoms with van der Waals surface area (Å²) in [6.45, 7) is 2.91. The molecular weight excluding hydrogens is 416 g/mol. The van der Waals surface area contributed by atoms with Gasteiger partial charge in [-0.1, -0.05) is 30.3 Å². The number of carbonyl (C=O) groups is 4. The first-order valence-corrected chi connectivity index (χ1v) is 10.1. The molecule has 2 rings (SSSR count). The number of carbonyl (C=O) groups excluding carboxylic acids is 3. The number of nitrogens with one attached hydrogen (secondary N) is 4. The lowest BCUT2D eigenvalue weighted by Crippen LogP contribution is -2.56. The van der Waals surface area contributed by atoms with E-state index in [4.69, 9.17) is 5.73 Å². The van der Waals surface area contributed by atoms with Crippen molar-refractivity contribution in [2.75, 3.05) is 0 Å². The van der Waals surface area contributed by atoms with Gasteiger partial charge in [-0.15, -0.1) is 0 Å². The van der Waals surface area contributed by atoms with E-state index in [1.165, 1.54) is 26.4 Å². The molecule has 0 saturated carbocycles. The lowest BCUT2D eigenvalue weighted by molar-refractivity contribution is -0.142. The van der Waals surface area contributed by atoms with Gasteiger partial charge in [-0.3, -0.25) is 14.4 Å². The topological polar surface area (TPSA) is 179 Å². The highest BCUT2D eigenvalue weighted by molar-refractivity contribution is 5.94. The van der Waals surface area contributed by atoms with Gasteiger partial charge in [-0.05, 0) is 19.4 Å². The highest BCUT2D eigenvalue weighted by Gasteiger charge is 2.28. The SMILES string of the molecule is CC(N)C(=O)NC(Cc1cnc[nH]1)C(=O)NC(C)C(=O)NC(Cc1ccccc1)C(=O)O. The molecule has 1 aromatic carbocycles. The van der Waals surface area contributed by atoms with Crippen LogP contribution in [0.5, 0.6) is 0 Å². The number of amides is 3. The Morgan fingerprint density at radius 3 is 2.19 bits per heavy atom. The maximum atomic E-state index is 12.8. The number of rotatable bonds is 11. The summed E-state index contributed by atoms with van der Waals surface area (Å²) in [5.41, 5.74) is 6.91. The number of nitrogens with two attached hydrogens (primary N) is 1. The van der Waals surface area contributed by atoms with E-state index in [2.05, 4.69) is 25.9 Å². The average molecular weight is 444 g/mol. The molecule has 2 aromatic rings. The molecule has 4 unspecified atom stereocenters. The Kier molecular flexibility index (Phi) is 8.90. The minimum atomic E-state index is -1.19. The lowest BCUT2D eigenvalue weighted by Gasteiger charge is -2.23. The molecule has 172 valence electrons. The van der Waals surface area contributed by atoms with E-state index in [1.54, 1.807) is 30.3 Å². The van der Waals surface area contributed by atoms with Crippen molar-refractivity contribution in [3.8, 4) is 0 Å². The van der Waals surface area contributed by atoms with E-state index < -0.39 is 47.9 Å². The molecule has 7 N–H and O–H groups in total. The first-order valence-electron chi connectivity index (χ1n) is 10.1. The van der Waals surface area contributed by atoms with Crippen molar-refractivity contribution < 1.29 is 24.3 Å². The fourth-order valence-corrected chi connectivity index (χ4v) is 2.85. The van der Waals surface area contributed by atoms with Crippen molar-refractivity contribution in [1.29, 1.82) is 0 Å². The minimum absolute atomic E-state index is 0.0927. The van der Waals surface area contributed by atoms with Crippen LogP contribution in [0.2, 0.25) is 0 Å². The smallest absolute Gasteiger partial charge is 0.326 e. The fraction of sp³-hybridized carbons (Fsp3) is 0.381. The highest BCUT2D eigenvalue weighted by Crippen LogP contribution is 2.05. The number of imidazole rings is 1. The van der Waals surface area contributed by atoms with Gasteiger partial charge in [0.15, 0.2) is 0 Å². The number of nitrogens with zero attached hydrogens (tertiary/aromatic N) is 1. The van der Waals surface area contributed by atoms with Gasteiger partial charge in [-0.25, -0.2) is 9.78 Å². The quantitative estimate of drug-likeness (QED) is 0.260. The standard InChI is InChI=1S/C21H28N6O5/c1-12(22)18(28)26-16(9-15-10-23-11-24-15)20(30)25-13(2)19(29)27-17(21(31)32)8-14-6-4-3-5-7-14/h3-7,10-13,16-17H,8-9,22H2,1-2H3,(H,23,24)(H,25,30)(H,26,28)(H,27,29)(H,31,32). The molecule has 32 heavy (non-hydrogen) atoms. The Bertz CT molecular complexity index is 916. The van der Waals surface area contributed by atoms with Crippen LogP contribution in [0.15, 0.2) is 42.9 Å². The molecular formula is C21H28N6O5. The van der Waals surface area contributed by atoms with Gasteiger partial charge in [0.2, 0.25) is 17.7 Å². The summed E-state index contributed by atoms with van der Waals surface area (Å²) in [6, 6.07) is 4.82. The van der Waals surface area contributed by atoms with Crippen LogP contribution in [0.1, 0.15) is 25.1 Å². The zero-order valence-corrected chi connectivity index (χ0v) is 17.9. The van der Waals surface area contributed by atoms with Crippen LogP contribution in [0.4, 0.5) is 0 Å². The Morgan fingerprint density at radius 1 is 0.969 bits per heavy atom. The van der Waals surface area contributed by atoms with Crippen LogP contribution in [0.25, 0.3) is 0 Å².